The normalized spacial score (nSPS) is 23.9. The second-order valence-corrected chi connectivity index (χ2v) is 14.6. The highest BCUT2D eigenvalue weighted by Crippen LogP contribution is 2.36. The largest absolute Gasteiger partial charge is 0.374 e. The van der Waals surface area contributed by atoms with Crippen LogP contribution in [-0.4, -0.2) is 28.5 Å². The van der Waals surface area contributed by atoms with E-state index in [0.717, 1.165) is 78.1 Å². The summed E-state index contributed by atoms with van der Waals surface area (Å²) in [5.41, 5.74) is 11.5. The molecule has 8 bridgehead atoms. The summed E-state index contributed by atoms with van der Waals surface area (Å²) in [6.07, 6.45) is 12.8. The maximum absolute atomic E-state index is 6.38. The van der Waals surface area contributed by atoms with Gasteiger partial charge in [-0.2, -0.15) is 0 Å². The number of aromatic nitrogens is 1. The standard InChI is InChI=1S/C44H28Cl4N4/c45-29-9-1-25(2-10-29)41-33-17-19-35(49-33)42(26-3-11-30(46)12-4-26)37-21-23-39(51-37)44(28-7-15-32(48)16-8-28)40-24-22-38(52-40)43(36-20-18-34(41)50-36)27-5-13-31(47)14-6-27/h1-24,33,39,49-50H/b41-34-,42-35-,43-36-,44-40-. The number of hydrogen-bond donors (Lipinski definition) is 2. The Labute approximate surface area is 320 Å². The molecule has 9 rings (SSSR count). The summed E-state index contributed by atoms with van der Waals surface area (Å²) in [5, 5.41) is 8.43. The fourth-order valence-electron chi connectivity index (χ4n) is 7.20. The van der Waals surface area contributed by atoms with E-state index in [2.05, 4.69) is 71.0 Å². The Morgan fingerprint density at radius 1 is 0.462 bits per heavy atom. The number of aromatic amines is 1. The number of nitrogens with one attached hydrogen (secondary N) is 2. The van der Waals surface area contributed by atoms with Crippen molar-refractivity contribution in [3.8, 4) is 0 Å². The lowest BCUT2D eigenvalue weighted by atomic mass is 9.97. The molecule has 2 atom stereocenters. The lowest BCUT2D eigenvalue weighted by Gasteiger charge is -2.19. The zero-order valence-electron chi connectivity index (χ0n) is 27.4. The van der Waals surface area contributed by atoms with E-state index in [9.17, 15) is 0 Å². The molecule has 8 heteroatoms. The van der Waals surface area contributed by atoms with Gasteiger partial charge in [0.15, 0.2) is 0 Å². The predicted molar refractivity (Wildman–Crippen MR) is 218 cm³/mol. The van der Waals surface area contributed by atoms with E-state index in [1.165, 1.54) is 0 Å². The Morgan fingerprint density at radius 2 is 1.00 bits per heavy atom. The number of benzene rings is 4. The summed E-state index contributed by atoms with van der Waals surface area (Å²) in [4.78, 5) is 14.5. The van der Waals surface area contributed by atoms with Gasteiger partial charge in [-0.3, -0.25) is 4.99 Å². The summed E-state index contributed by atoms with van der Waals surface area (Å²) in [6, 6.07) is 35.4. The molecule has 0 spiro atoms. The van der Waals surface area contributed by atoms with E-state index in [0.29, 0.717) is 20.1 Å². The highest BCUT2D eigenvalue weighted by Gasteiger charge is 2.29. The van der Waals surface area contributed by atoms with Crippen LogP contribution in [0.25, 0.3) is 22.3 Å². The molecule has 4 aliphatic rings. The number of hydrogen-bond acceptors (Lipinski definition) is 3. The molecule has 0 radical (unpaired) electrons. The SMILES string of the molecule is Clc1ccc(/C2=C3\C=CC(N3)/C(c3ccc(Cl)cc3)=c3/cc/c([nH]3)=C(\c3ccc(Cl)cc3)C3=N/C(=C(/c4ccc(Cl)cc4)C4C=CC2=N4)C=C3)cc1. The van der Waals surface area contributed by atoms with Gasteiger partial charge in [-0.15, -0.1) is 0 Å². The van der Waals surface area contributed by atoms with Crippen molar-refractivity contribution in [2.24, 2.45) is 9.98 Å². The molecule has 4 nitrogen and oxygen atoms in total. The third-order valence-corrected chi connectivity index (χ3v) is 10.6. The van der Waals surface area contributed by atoms with Gasteiger partial charge in [-0.1, -0.05) is 107 Å². The second-order valence-electron chi connectivity index (χ2n) is 12.8. The first-order valence-corrected chi connectivity index (χ1v) is 18.3. The average molecular weight is 755 g/mol. The van der Waals surface area contributed by atoms with Crippen molar-refractivity contribution in [2.75, 3.05) is 0 Å². The monoisotopic (exact) mass is 752 g/mol. The van der Waals surface area contributed by atoms with Crippen LogP contribution in [0.1, 0.15) is 22.3 Å². The summed E-state index contributed by atoms with van der Waals surface area (Å²) in [7, 11) is 0. The minimum Gasteiger partial charge on any atom is -0.374 e. The van der Waals surface area contributed by atoms with Crippen molar-refractivity contribution in [3.63, 3.8) is 0 Å². The molecule has 2 unspecified atom stereocenters. The first-order valence-electron chi connectivity index (χ1n) is 16.8. The van der Waals surface area contributed by atoms with Gasteiger partial charge in [-0.25, -0.2) is 4.99 Å². The summed E-state index contributed by atoms with van der Waals surface area (Å²) < 4.78 is 0. The number of allylic oxidation sites excluding steroid dienone is 5. The smallest absolute Gasteiger partial charge is 0.0968 e. The van der Waals surface area contributed by atoms with Gasteiger partial charge in [0, 0.05) is 58.8 Å². The fraction of sp³-hybridized carbons (Fsp3) is 0.0455. The Bertz CT molecular complexity index is 2600. The molecule has 4 aromatic carbocycles. The molecule has 252 valence electrons. The third kappa shape index (κ3) is 6.12. The third-order valence-electron chi connectivity index (χ3n) is 9.61. The molecule has 4 aliphatic heterocycles. The molecule has 5 aromatic rings. The van der Waals surface area contributed by atoms with Crippen LogP contribution in [0.3, 0.4) is 0 Å². The number of rotatable bonds is 4. The van der Waals surface area contributed by atoms with Crippen LogP contribution in [0.2, 0.25) is 20.1 Å². The first-order chi connectivity index (χ1) is 25.4. The Hall–Kier alpha value is -5.10. The zero-order chi connectivity index (χ0) is 35.3. The number of halogens is 4. The molecule has 5 heterocycles. The summed E-state index contributed by atoms with van der Waals surface area (Å²) in [5.74, 6) is 0. The van der Waals surface area contributed by atoms with Gasteiger partial charge in [0.25, 0.3) is 0 Å². The number of aliphatic imine (C=N–C) groups is 2. The average Bonchev–Trinajstić information content (AvgIpc) is 3.99. The van der Waals surface area contributed by atoms with Gasteiger partial charge in [0.05, 0.1) is 29.2 Å². The summed E-state index contributed by atoms with van der Waals surface area (Å²) >= 11 is 25.5. The lowest BCUT2D eigenvalue weighted by Crippen LogP contribution is -2.30. The zero-order valence-corrected chi connectivity index (χ0v) is 30.4. The first kappa shape index (κ1) is 32.8. The van der Waals surface area contributed by atoms with E-state index in [-0.39, 0.29) is 12.1 Å². The van der Waals surface area contributed by atoms with Crippen molar-refractivity contribution >= 4 is 80.1 Å². The van der Waals surface area contributed by atoms with Gasteiger partial charge in [0.2, 0.25) is 0 Å². The van der Waals surface area contributed by atoms with Crippen molar-refractivity contribution in [2.45, 2.75) is 12.1 Å². The predicted octanol–water partition coefficient (Wildman–Crippen LogP) is 9.78. The van der Waals surface area contributed by atoms with Crippen LogP contribution < -0.4 is 16.0 Å². The van der Waals surface area contributed by atoms with Crippen LogP contribution in [0.15, 0.2) is 167 Å². The molecule has 0 aliphatic carbocycles. The van der Waals surface area contributed by atoms with Crippen molar-refractivity contribution in [3.05, 3.63) is 210 Å². The van der Waals surface area contributed by atoms with Crippen molar-refractivity contribution in [1.82, 2.24) is 10.3 Å². The fourth-order valence-corrected chi connectivity index (χ4v) is 7.71. The van der Waals surface area contributed by atoms with Gasteiger partial charge < -0.3 is 10.3 Å². The minimum atomic E-state index is -0.303. The van der Waals surface area contributed by atoms with Crippen LogP contribution in [0, 0.1) is 0 Å². The maximum atomic E-state index is 6.38. The topological polar surface area (TPSA) is 52.5 Å². The lowest BCUT2D eigenvalue weighted by molar-refractivity contribution is 0.857. The van der Waals surface area contributed by atoms with Crippen molar-refractivity contribution < 1.29 is 0 Å². The van der Waals surface area contributed by atoms with Crippen LogP contribution in [0.5, 0.6) is 0 Å². The van der Waals surface area contributed by atoms with Gasteiger partial charge in [-0.05, 0) is 107 Å². The van der Waals surface area contributed by atoms with Crippen LogP contribution in [0.4, 0.5) is 0 Å². The molecule has 0 saturated carbocycles. The van der Waals surface area contributed by atoms with Crippen LogP contribution in [-0.2, 0) is 0 Å². The quantitative estimate of drug-likeness (QED) is 0.189. The molecule has 0 saturated heterocycles. The van der Waals surface area contributed by atoms with E-state index in [1.54, 1.807) is 0 Å². The minimum absolute atomic E-state index is 0.168. The maximum Gasteiger partial charge on any atom is 0.0968 e. The molecular formula is C44H28Cl4N4. The molecule has 0 amide bonds. The molecule has 2 N–H and O–H groups in total. The van der Waals surface area contributed by atoms with Crippen molar-refractivity contribution in [1.29, 1.82) is 0 Å². The van der Waals surface area contributed by atoms with Crippen LogP contribution >= 0.6 is 46.4 Å². The number of nitrogens with zero attached hydrogens (tertiary/aromatic N) is 2. The van der Waals surface area contributed by atoms with E-state index < -0.39 is 0 Å². The van der Waals surface area contributed by atoms with E-state index in [4.69, 9.17) is 56.4 Å². The molecule has 1 aromatic heterocycles. The molecule has 52 heavy (non-hydrogen) atoms. The van der Waals surface area contributed by atoms with E-state index >= 15 is 0 Å². The summed E-state index contributed by atoms with van der Waals surface area (Å²) in [6.45, 7) is 0. The highest BCUT2D eigenvalue weighted by atomic mass is 35.5. The number of H-pyrrole nitrogens is 1. The molecular weight excluding hydrogens is 726 g/mol. The Balaban J connectivity index is 1.36. The van der Waals surface area contributed by atoms with E-state index in [1.807, 2.05) is 84.9 Å². The number of fused-ring (bicyclic) bond motifs is 6. The van der Waals surface area contributed by atoms with Gasteiger partial charge >= 0.3 is 0 Å². The Kier molecular flexibility index (Phi) is 8.49. The Morgan fingerprint density at radius 3 is 1.62 bits per heavy atom. The molecule has 0 fully saturated rings. The van der Waals surface area contributed by atoms with Gasteiger partial charge in [0.1, 0.15) is 0 Å². The second kappa shape index (κ2) is 13.5. The highest BCUT2D eigenvalue weighted by molar-refractivity contribution is 6.34.